The highest BCUT2D eigenvalue weighted by Crippen LogP contribution is 2.24. The summed E-state index contributed by atoms with van der Waals surface area (Å²) >= 11 is 0. The second-order valence-corrected chi connectivity index (χ2v) is 8.48. The van der Waals surface area contributed by atoms with E-state index in [2.05, 4.69) is 13.8 Å². The van der Waals surface area contributed by atoms with Crippen molar-refractivity contribution in [2.45, 2.75) is 58.5 Å². The van der Waals surface area contributed by atoms with Crippen LogP contribution in [0.5, 0.6) is 0 Å². The van der Waals surface area contributed by atoms with Crippen molar-refractivity contribution < 1.29 is 14.0 Å². The minimum absolute atomic E-state index is 0.00891. The maximum absolute atomic E-state index is 13.3. The second-order valence-electron chi connectivity index (χ2n) is 8.48. The van der Waals surface area contributed by atoms with Crippen LogP contribution in [0.4, 0.5) is 0 Å². The molecule has 1 fully saturated rings. The van der Waals surface area contributed by atoms with Gasteiger partial charge in [-0.3, -0.25) is 9.59 Å². The highest BCUT2D eigenvalue weighted by Gasteiger charge is 2.31. The third kappa shape index (κ3) is 5.52. The molecule has 158 valence electrons. The first kappa shape index (κ1) is 21.2. The van der Waals surface area contributed by atoms with E-state index in [1.807, 2.05) is 34.8 Å². The van der Waals surface area contributed by atoms with E-state index >= 15 is 0 Å². The summed E-state index contributed by atoms with van der Waals surface area (Å²) in [5.74, 6) is 0.466. The molecule has 1 aliphatic rings. The molecule has 3 rings (SSSR count). The number of amides is 2. The molecule has 2 aromatic heterocycles. The van der Waals surface area contributed by atoms with Crippen LogP contribution in [0.2, 0.25) is 0 Å². The van der Waals surface area contributed by atoms with Crippen LogP contribution < -0.4 is 0 Å². The van der Waals surface area contributed by atoms with Crippen LogP contribution in [-0.4, -0.2) is 45.3 Å². The summed E-state index contributed by atoms with van der Waals surface area (Å²) in [4.78, 5) is 30.1. The third-order valence-electron chi connectivity index (χ3n) is 5.66. The van der Waals surface area contributed by atoms with Gasteiger partial charge in [0.05, 0.1) is 12.8 Å². The zero-order valence-corrected chi connectivity index (χ0v) is 17.8. The van der Waals surface area contributed by atoms with Gasteiger partial charge >= 0.3 is 0 Å². The average molecular weight is 400 g/mol. The van der Waals surface area contributed by atoms with E-state index < -0.39 is 0 Å². The van der Waals surface area contributed by atoms with Crippen molar-refractivity contribution in [2.24, 2.45) is 13.0 Å². The van der Waals surface area contributed by atoms with Gasteiger partial charge in [0.2, 0.25) is 5.91 Å². The van der Waals surface area contributed by atoms with Gasteiger partial charge in [-0.2, -0.15) is 0 Å². The lowest BCUT2D eigenvalue weighted by Gasteiger charge is -2.35. The van der Waals surface area contributed by atoms with Gasteiger partial charge < -0.3 is 18.8 Å². The van der Waals surface area contributed by atoms with Crippen LogP contribution in [-0.2, 0) is 18.4 Å². The summed E-state index contributed by atoms with van der Waals surface area (Å²) in [6, 6.07) is 7.52. The number of carbonyl (C=O) groups is 2. The van der Waals surface area contributed by atoms with Crippen LogP contribution >= 0.6 is 0 Å². The third-order valence-corrected chi connectivity index (χ3v) is 5.66. The first-order valence-corrected chi connectivity index (χ1v) is 10.7. The SMILES string of the molecule is CC(C)CN(Cc1cccn1C)C(=O)CN(C(=O)c1ccco1)C1CCCCC1. The Hall–Kier alpha value is -2.50. The molecular formula is C23H33N3O3. The number of rotatable bonds is 8. The quantitative estimate of drug-likeness (QED) is 0.672. The Balaban J connectivity index is 1.78. The van der Waals surface area contributed by atoms with Crippen LogP contribution in [0, 0.1) is 5.92 Å². The Morgan fingerprint density at radius 1 is 1.17 bits per heavy atom. The van der Waals surface area contributed by atoms with Crippen molar-refractivity contribution in [3.05, 3.63) is 48.2 Å². The summed E-state index contributed by atoms with van der Waals surface area (Å²) in [6.07, 6.45) is 8.78. The average Bonchev–Trinajstić information content (AvgIpc) is 3.37. The Morgan fingerprint density at radius 2 is 1.93 bits per heavy atom. The molecule has 2 amide bonds. The van der Waals surface area contributed by atoms with Crippen molar-refractivity contribution >= 4 is 11.8 Å². The predicted molar refractivity (Wildman–Crippen MR) is 112 cm³/mol. The van der Waals surface area contributed by atoms with Crippen molar-refractivity contribution in [2.75, 3.05) is 13.1 Å². The van der Waals surface area contributed by atoms with E-state index in [9.17, 15) is 9.59 Å². The Bertz CT molecular complexity index is 788. The molecule has 1 aliphatic carbocycles. The lowest BCUT2D eigenvalue weighted by molar-refractivity contribution is -0.133. The van der Waals surface area contributed by atoms with Gasteiger partial charge in [0.15, 0.2) is 5.76 Å². The molecule has 6 nitrogen and oxygen atoms in total. The fraction of sp³-hybridized carbons (Fsp3) is 0.565. The molecule has 0 bridgehead atoms. The molecule has 0 saturated heterocycles. The summed E-state index contributed by atoms with van der Waals surface area (Å²) in [5.41, 5.74) is 1.08. The minimum atomic E-state index is -0.182. The number of aromatic nitrogens is 1. The number of aryl methyl sites for hydroxylation is 1. The van der Waals surface area contributed by atoms with E-state index in [1.54, 1.807) is 17.0 Å². The molecule has 29 heavy (non-hydrogen) atoms. The van der Waals surface area contributed by atoms with Crippen LogP contribution in [0.1, 0.15) is 62.2 Å². The lowest BCUT2D eigenvalue weighted by atomic mass is 9.94. The number of hydrogen-bond acceptors (Lipinski definition) is 3. The van der Waals surface area contributed by atoms with E-state index in [4.69, 9.17) is 4.42 Å². The van der Waals surface area contributed by atoms with Gasteiger partial charge in [0, 0.05) is 31.5 Å². The van der Waals surface area contributed by atoms with Gasteiger partial charge in [0.25, 0.3) is 5.91 Å². The molecule has 6 heteroatoms. The number of furan rings is 1. The fourth-order valence-corrected chi connectivity index (χ4v) is 4.10. The smallest absolute Gasteiger partial charge is 0.290 e. The lowest BCUT2D eigenvalue weighted by Crippen LogP contribution is -2.48. The first-order valence-electron chi connectivity index (χ1n) is 10.7. The van der Waals surface area contributed by atoms with Crippen molar-refractivity contribution in [1.82, 2.24) is 14.4 Å². The second kappa shape index (κ2) is 9.81. The summed E-state index contributed by atoms with van der Waals surface area (Å²) in [5, 5.41) is 0. The molecule has 0 atom stereocenters. The largest absolute Gasteiger partial charge is 0.459 e. The molecule has 1 saturated carbocycles. The first-order chi connectivity index (χ1) is 14.0. The summed E-state index contributed by atoms with van der Waals surface area (Å²) in [7, 11) is 1.99. The van der Waals surface area contributed by atoms with Gasteiger partial charge in [0.1, 0.15) is 6.54 Å². The maximum Gasteiger partial charge on any atom is 0.290 e. The highest BCUT2D eigenvalue weighted by atomic mass is 16.3. The van der Waals surface area contributed by atoms with Gasteiger partial charge in [-0.05, 0) is 43.0 Å². The zero-order chi connectivity index (χ0) is 20.8. The van der Waals surface area contributed by atoms with E-state index in [0.29, 0.717) is 24.8 Å². The van der Waals surface area contributed by atoms with E-state index in [0.717, 1.165) is 31.4 Å². The van der Waals surface area contributed by atoms with Crippen LogP contribution in [0.25, 0.3) is 0 Å². The molecule has 0 N–H and O–H groups in total. The maximum atomic E-state index is 13.3. The van der Waals surface area contributed by atoms with Crippen molar-refractivity contribution in [3.63, 3.8) is 0 Å². The number of nitrogens with zero attached hydrogens (tertiary/aromatic N) is 3. The summed E-state index contributed by atoms with van der Waals surface area (Å²) in [6.45, 7) is 5.53. The Kier molecular flexibility index (Phi) is 7.18. The van der Waals surface area contributed by atoms with Gasteiger partial charge in [-0.25, -0.2) is 0 Å². The monoisotopic (exact) mass is 399 g/mol. The molecule has 2 aromatic rings. The van der Waals surface area contributed by atoms with Crippen molar-refractivity contribution in [1.29, 1.82) is 0 Å². The number of carbonyl (C=O) groups excluding carboxylic acids is 2. The Labute approximate surface area is 173 Å². The zero-order valence-electron chi connectivity index (χ0n) is 17.8. The number of hydrogen-bond donors (Lipinski definition) is 0. The minimum Gasteiger partial charge on any atom is -0.459 e. The standard InChI is InChI=1S/C23H33N3O3/c1-18(2)15-25(16-20-11-7-13-24(20)3)22(27)17-26(19-9-5-4-6-10-19)23(28)21-12-8-14-29-21/h7-8,11-14,18-19H,4-6,9-10,15-17H2,1-3H3. The van der Waals surface area contributed by atoms with Crippen molar-refractivity contribution in [3.8, 4) is 0 Å². The molecule has 0 aromatic carbocycles. The van der Waals surface area contributed by atoms with Crippen LogP contribution in [0.15, 0.2) is 41.1 Å². The molecule has 2 heterocycles. The Morgan fingerprint density at radius 3 is 2.52 bits per heavy atom. The van der Waals surface area contributed by atoms with Gasteiger partial charge in [-0.1, -0.05) is 33.1 Å². The topological polar surface area (TPSA) is 58.7 Å². The normalized spacial score (nSPS) is 14.9. The van der Waals surface area contributed by atoms with Gasteiger partial charge in [-0.15, -0.1) is 0 Å². The highest BCUT2D eigenvalue weighted by molar-refractivity contribution is 5.94. The molecule has 0 spiro atoms. The molecule has 0 unspecified atom stereocenters. The summed E-state index contributed by atoms with van der Waals surface area (Å²) < 4.78 is 7.39. The molecule has 0 aliphatic heterocycles. The fourth-order valence-electron chi connectivity index (χ4n) is 4.10. The van der Waals surface area contributed by atoms with E-state index in [1.165, 1.54) is 12.7 Å². The van der Waals surface area contributed by atoms with Crippen LogP contribution in [0.3, 0.4) is 0 Å². The predicted octanol–water partition coefficient (Wildman–Crippen LogP) is 4.08. The molecule has 0 radical (unpaired) electrons. The molecular weight excluding hydrogens is 366 g/mol. The van der Waals surface area contributed by atoms with E-state index in [-0.39, 0.29) is 24.4 Å².